The second-order valence-corrected chi connectivity index (χ2v) is 5.01. The van der Waals surface area contributed by atoms with Gasteiger partial charge in [-0.2, -0.15) is 0 Å². The largest absolute Gasteiger partial charge is 0.394 e. The molecule has 17 heavy (non-hydrogen) atoms. The zero-order valence-corrected chi connectivity index (χ0v) is 11.0. The number of nitrogens with one attached hydrogen (secondary N) is 2. The first-order valence-electron chi connectivity index (χ1n) is 6.24. The van der Waals surface area contributed by atoms with Crippen LogP contribution in [0.15, 0.2) is 0 Å². The van der Waals surface area contributed by atoms with Crippen molar-refractivity contribution in [2.24, 2.45) is 5.92 Å². The Morgan fingerprint density at radius 1 is 1.59 bits per heavy atom. The average molecular weight is 244 g/mol. The predicted molar refractivity (Wildman–Crippen MR) is 65.8 cm³/mol. The number of methoxy groups -OCH3 is 1. The highest BCUT2D eigenvalue weighted by atomic mass is 16.5. The van der Waals surface area contributed by atoms with Gasteiger partial charge in [-0.3, -0.25) is 0 Å². The van der Waals surface area contributed by atoms with Crippen LogP contribution in [0, 0.1) is 5.92 Å². The summed E-state index contributed by atoms with van der Waals surface area (Å²) >= 11 is 0. The SMILES string of the molecule is CCC(COC)NC(=O)NC(C)(CO)C1CC1. The van der Waals surface area contributed by atoms with E-state index >= 15 is 0 Å². The molecule has 0 aliphatic heterocycles. The van der Waals surface area contributed by atoms with Crippen molar-refractivity contribution in [3.05, 3.63) is 0 Å². The van der Waals surface area contributed by atoms with E-state index in [0.29, 0.717) is 12.5 Å². The molecule has 1 fully saturated rings. The number of rotatable bonds is 7. The van der Waals surface area contributed by atoms with E-state index in [1.54, 1.807) is 7.11 Å². The second-order valence-electron chi connectivity index (χ2n) is 5.01. The van der Waals surface area contributed by atoms with E-state index in [2.05, 4.69) is 10.6 Å². The molecule has 0 heterocycles. The molecule has 1 aliphatic carbocycles. The van der Waals surface area contributed by atoms with E-state index in [1.807, 2.05) is 13.8 Å². The lowest BCUT2D eigenvalue weighted by Gasteiger charge is -2.30. The molecule has 0 saturated heterocycles. The van der Waals surface area contributed by atoms with Gasteiger partial charge in [0.25, 0.3) is 0 Å². The van der Waals surface area contributed by atoms with Gasteiger partial charge in [-0.15, -0.1) is 0 Å². The van der Waals surface area contributed by atoms with Crippen LogP contribution in [0.2, 0.25) is 0 Å². The molecule has 0 aromatic carbocycles. The molecular formula is C12H24N2O3. The number of urea groups is 1. The third kappa shape index (κ3) is 4.16. The highest BCUT2D eigenvalue weighted by molar-refractivity contribution is 5.75. The predicted octanol–water partition coefficient (Wildman–Crippen LogP) is 0.872. The molecule has 1 saturated carbocycles. The van der Waals surface area contributed by atoms with E-state index < -0.39 is 5.54 Å². The minimum Gasteiger partial charge on any atom is -0.394 e. The van der Waals surface area contributed by atoms with Crippen LogP contribution in [0.1, 0.15) is 33.1 Å². The first kappa shape index (κ1) is 14.3. The third-order valence-corrected chi connectivity index (χ3v) is 3.40. The van der Waals surface area contributed by atoms with Gasteiger partial charge in [-0.1, -0.05) is 6.92 Å². The fraction of sp³-hybridized carbons (Fsp3) is 0.917. The van der Waals surface area contributed by atoms with Gasteiger partial charge in [-0.25, -0.2) is 4.79 Å². The van der Waals surface area contributed by atoms with E-state index in [9.17, 15) is 9.90 Å². The van der Waals surface area contributed by atoms with E-state index in [1.165, 1.54) is 0 Å². The van der Waals surface area contributed by atoms with Gasteiger partial charge < -0.3 is 20.5 Å². The van der Waals surface area contributed by atoms with Crippen LogP contribution in [0.3, 0.4) is 0 Å². The van der Waals surface area contributed by atoms with Crippen LogP contribution in [-0.2, 0) is 4.74 Å². The fourth-order valence-corrected chi connectivity index (χ4v) is 1.93. The molecule has 2 amide bonds. The number of hydrogen-bond donors (Lipinski definition) is 3. The van der Waals surface area contributed by atoms with Crippen LogP contribution >= 0.6 is 0 Å². The Morgan fingerprint density at radius 3 is 2.65 bits per heavy atom. The van der Waals surface area contributed by atoms with Crippen molar-refractivity contribution >= 4 is 6.03 Å². The zero-order chi connectivity index (χ0) is 12.9. The molecule has 2 atom stereocenters. The van der Waals surface area contributed by atoms with Crippen molar-refractivity contribution in [1.82, 2.24) is 10.6 Å². The molecule has 2 unspecified atom stereocenters. The Morgan fingerprint density at radius 2 is 2.24 bits per heavy atom. The van der Waals surface area contributed by atoms with Crippen molar-refractivity contribution in [2.45, 2.75) is 44.7 Å². The molecule has 100 valence electrons. The highest BCUT2D eigenvalue weighted by Gasteiger charge is 2.42. The van der Waals surface area contributed by atoms with Crippen LogP contribution in [-0.4, -0.2) is 43.0 Å². The minimum atomic E-state index is -0.491. The number of hydrogen-bond acceptors (Lipinski definition) is 3. The Kier molecular flexibility index (Phi) is 5.21. The molecule has 0 bridgehead atoms. The normalized spacial score (nSPS) is 20.5. The fourth-order valence-electron chi connectivity index (χ4n) is 1.93. The summed E-state index contributed by atoms with van der Waals surface area (Å²) in [4.78, 5) is 11.8. The Hall–Kier alpha value is -0.810. The zero-order valence-electron chi connectivity index (χ0n) is 11.0. The molecule has 5 nitrogen and oxygen atoms in total. The number of ether oxygens (including phenoxy) is 1. The van der Waals surface area contributed by atoms with Gasteiger partial charge in [0, 0.05) is 7.11 Å². The third-order valence-electron chi connectivity index (χ3n) is 3.40. The van der Waals surface area contributed by atoms with Crippen molar-refractivity contribution in [1.29, 1.82) is 0 Å². The number of amides is 2. The molecule has 0 aromatic rings. The lowest BCUT2D eigenvalue weighted by Crippen LogP contribution is -2.56. The topological polar surface area (TPSA) is 70.6 Å². The lowest BCUT2D eigenvalue weighted by molar-refractivity contribution is 0.143. The van der Waals surface area contributed by atoms with Crippen LogP contribution in [0.5, 0.6) is 0 Å². The van der Waals surface area contributed by atoms with E-state index in [-0.39, 0.29) is 18.7 Å². The molecule has 0 radical (unpaired) electrons. The summed E-state index contributed by atoms with van der Waals surface area (Å²) in [7, 11) is 1.62. The van der Waals surface area contributed by atoms with Gasteiger partial charge in [-0.05, 0) is 32.1 Å². The van der Waals surface area contributed by atoms with Crippen molar-refractivity contribution in [2.75, 3.05) is 20.3 Å². The monoisotopic (exact) mass is 244 g/mol. The second kappa shape index (κ2) is 6.21. The molecule has 1 aliphatic rings. The number of carbonyl (C=O) groups is 1. The first-order chi connectivity index (χ1) is 8.05. The Balaban J connectivity index is 2.41. The van der Waals surface area contributed by atoms with Crippen molar-refractivity contribution < 1.29 is 14.6 Å². The summed E-state index contributed by atoms with van der Waals surface area (Å²) < 4.78 is 5.02. The molecule has 1 rings (SSSR count). The molecule has 0 aromatic heterocycles. The number of aliphatic hydroxyl groups is 1. The quantitative estimate of drug-likeness (QED) is 0.622. The van der Waals surface area contributed by atoms with Gasteiger partial charge in [0.1, 0.15) is 0 Å². The van der Waals surface area contributed by atoms with Crippen LogP contribution in [0.4, 0.5) is 4.79 Å². The van der Waals surface area contributed by atoms with Crippen LogP contribution < -0.4 is 10.6 Å². The van der Waals surface area contributed by atoms with Crippen molar-refractivity contribution in [3.63, 3.8) is 0 Å². The Labute approximate surface area is 103 Å². The first-order valence-corrected chi connectivity index (χ1v) is 6.24. The molecular weight excluding hydrogens is 220 g/mol. The highest BCUT2D eigenvalue weighted by Crippen LogP contribution is 2.39. The summed E-state index contributed by atoms with van der Waals surface area (Å²) in [5.74, 6) is 0.403. The maximum absolute atomic E-state index is 11.8. The van der Waals surface area contributed by atoms with E-state index in [0.717, 1.165) is 19.3 Å². The summed E-state index contributed by atoms with van der Waals surface area (Å²) in [6.45, 7) is 4.37. The average Bonchev–Trinajstić information content (AvgIpc) is 3.12. The van der Waals surface area contributed by atoms with Crippen LogP contribution in [0.25, 0.3) is 0 Å². The summed E-state index contributed by atoms with van der Waals surface area (Å²) in [6, 6.07) is -0.209. The molecule has 5 heteroatoms. The Bertz CT molecular complexity index is 256. The van der Waals surface area contributed by atoms with Crippen molar-refractivity contribution in [3.8, 4) is 0 Å². The van der Waals surface area contributed by atoms with Gasteiger partial charge in [0.15, 0.2) is 0 Å². The van der Waals surface area contributed by atoms with Gasteiger partial charge in [0.2, 0.25) is 0 Å². The lowest BCUT2D eigenvalue weighted by atomic mass is 9.97. The van der Waals surface area contributed by atoms with Gasteiger partial charge >= 0.3 is 6.03 Å². The maximum atomic E-state index is 11.8. The minimum absolute atomic E-state index is 0.0159. The smallest absolute Gasteiger partial charge is 0.315 e. The number of carbonyl (C=O) groups excluding carboxylic acids is 1. The maximum Gasteiger partial charge on any atom is 0.315 e. The van der Waals surface area contributed by atoms with Gasteiger partial charge in [0.05, 0.1) is 24.8 Å². The standard InChI is InChI=1S/C12H24N2O3/c1-4-10(7-17-3)13-11(16)14-12(2,8-15)9-5-6-9/h9-10,15H,4-8H2,1-3H3,(H2,13,14,16). The van der Waals surface area contributed by atoms with E-state index in [4.69, 9.17) is 4.74 Å². The summed E-state index contributed by atoms with van der Waals surface area (Å²) in [5, 5.41) is 15.1. The molecule has 0 spiro atoms. The number of aliphatic hydroxyl groups excluding tert-OH is 1. The molecule has 3 N–H and O–H groups in total. The summed E-state index contributed by atoms with van der Waals surface area (Å²) in [5.41, 5.74) is -0.491. The summed E-state index contributed by atoms with van der Waals surface area (Å²) in [6.07, 6.45) is 2.97.